The second-order valence-electron chi connectivity index (χ2n) is 2.26. The first-order chi connectivity index (χ1) is 7.45. The fraction of sp³-hybridized carbons (Fsp3) is 0.750. The Morgan fingerprint density at radius 1 is 0.688 bits per heavy atom. The Bertz CT molecular complexity index is 140. The van der Waals surface area contributed by atoms with Crippen molar-refractivity contribution < 1.29 is 40.2 Å². The largest absolute Gasteiger partial charge is 0.480 e. The third kappa shape index (κ3) is 53.1. The van der Waals surface area contributed by atoms with Gasteiger partial charge in [-0.15, -0.1) is 0 Å². The summed E-state index contributed by atoms with van der Waals surface area (Å²) in [5.74, 6) is -2.38. The highest BCUT2D eigenvalue weighted by atomic mass is 16.4. The molecule has 0 heterocycles. The predicted molar refractivity (Wildman–Crippen MR) is 52.8 cm³/mol. The van der Waals surface area contributed by atoms with Crippen LogP contribution in [0.15, 0.2) is 0 Å². The molecule has 16 heavy (non-hydrogen) atoms. The molecule has 0 unspecified atom stereocenters. The molecule has 8 nitrogen and oxygen atoms in total. The highest BCUT2D eigenvalue weighted by Gasteiger charge is 1.83. The Kier molecular flexibility index (Phi) is 24.5. The Labute approximate surface area is 92.4 Å². The van der Waals surface area contributed by atoms with Gasteiger partial charge in [0.05, 0.1) is 0 Å². The van der Waals surface area contributed by atoms with Crippen LogP contribution in [0.1, 0.15) is 12.8 Å². The molecule has 6 N–H and O–H groups in total. The molecule has 0 rings (SSSR count). The van der Waals surface area contributed by atoms with Crippen LogP contribution in [0.2, 0.25) is 0 Å². The molecule has 0 aromatic rings. The molecule has 0 amide bonds. The lowest BCUT2D eigenvalue weighted by Gasteiger charge is -1.85. The van der Waals surface area contributed by atoms with Gasteiger partial charge in [-0.2, -0.15) is 0 Å². The van der Waals surface area contributed by atoms with Gasteiger partial charge in [0, 0.05) is 13.2 Å². The number of carbonyl (C=O) groups is 2. The average molecular weight is 242 g/mol. The summed E-state index contributed by atoms with van der Waals surface area (Å²) in [7, 11) is 0. The summed E-state index contributed by atoms with van der Waals surface area (Å²) in [4.78, 5) is 18.2. The first-order valence-corrected chi connectivity index (χ1v) is 4.33. The predicted octanol–water partition coefficient (Wildman–Crippen LogP) is -2.12. The second kappa shape index (κ2) is 19.4. The van der Waals surface area contributed by atoms with Crippen molar-refractivity contribution in [3.05, 3.63) is 0 Å². The lowest BCUT2D eigenvalue weighted by Crippen LogP contribution is -1.98. The minimum absolute atomic E-state index is 0.195. The molecule has 0 fully saturated rings. The minimum atomic E-state index is -1.19. The van der Waals surface area contributed by atoms with E-state index in [9.17, 15) is 0 Å². The van der Waals surface area contributed by atoms with Crippen LogP contribution < -0.4 is 0 Å². The summed E-state index contributed by atoms with van der Waals surface area (Å²) < 4.78 is 0. The molecule has 0 radical (unpaired) electrons. The van der Waals surface area contributed by atoms with Crippen molar-refractivity contribution in [3.63, 3.8) is 0 Å². The van der Waals surface area contributed by atoms with Gasteiger partial charge in [-0.05, 0) is 12.8 Å². The number of hydrogen-bond acceptors (Lipinski definition) is 6. The Hall–Kier alpha value is -1.22. The number of unbranched alkanes of at least 4 members (excludes halogenated alkanes) is 1. The number of hydrogen-bond donors (Lipinski definition) is 6. The average Bonchev–Trinajstić information content (AvgIpc) is 2.27. The summed E-state index contributed by atoms with van der Waals surface area (Å²) in [6.45, 7) is -1.17. The zero-order chi connectivity index (χ0) is 13.4. The van der Waals surface area contributed by atoms with Gasteiger partial charge in [0.15, 0.2) is 0 Å². The molecule has 0 aromatic carbocycles. The van der Waals surface area contributed by atoms with E-state index in [1.807, 2.05) is 0 Å². The number of carboxylic acids is 2. The van der Waals surface area contributed by atoms with E-state index in [4.69, 9.17) is 40.2 Å². The molecule has 0 spiro atoms. The third-order valence-corrected chi connectivity index (χ3v) is 0.837. The summed E-state index contributed by atoms with van der Waals surface area (Å²) in [5, 5.41) is 46.2. The summed E-state index contributed by atoms with van der Waals surface area (Å²) >= 11 is 0. The molecule has 0 aromatic heterocycles. The van der Waals surface area contributed by atoms with Crippen LogP contribution in [0.25, 0.3) is 0 Å². The molecular weight excluding hydrogens is 224 g/mol. The molecule has 98 valence electrons. The van der Waals surface area contributed by atoms with E-state index < -0.39 is 25.2 Å². The Balaban J connectivity index is -0.000000160. The van der Waals surface area contributed by atoms with Crippen molar-refractivity contribution >= 4 is 11.9 Å². The number of carboxylic acid groups (broad SMARTS) is 2. The van der Waals surface area contributed by atoms with Crippen LogP contribution in [0.3, 0.4) is 0 Å². The van der Waals surface area contributed by atoms with Gasteiger partial charge in [0.1, 0.15) is 13.2 Å². The van der Waals surface area contributed by atoms with Crippen LogP contribution in [-0.2, 0) is 9.59 Å². The molecular formula is C8H18O8. The fourth-order valence-electron chi connectivity index (χ4n) is 0.224. The molecule has 0 aliphatic heterocycles. The monoisotopic (exact) mass is 242 g/mol. The summed E-state index contributed by atoms with van der Waals surface area (Å²) in [5.41, 5.74) is 0. The molecule has 0 saturated heterocycles. The first kappa shape index (κ1) is 20.2. The lowest BCUT2D eigenvalue weighted by molar-refractivity contribution is -0.141. The van der Waals surface area contributed by atoms with Crippen molar-refractivity contribution in [2.24, 2.45) is 0 Å². The Morgan fingerprint density at radius 3 is 0.938 bits per heavy atom. The quantitative estimate of drug-likeness (QED) is 0.299. The van der Waals surface area contributed by atoms with Crippen molar-refractivity contribution in [2.45, 2.75) is 12.8 Å². The van der Waals surface area contributed by atoms with E-state index in [2.05, 4.69) is 0 Å². The van der Waals surface area contributed by atoms with E-state index in [1.165, 1.54) is 0 Å². The van der Waals surface area contributed by atoms with Gasteiger partial charge in [-0.1, -0.05) is 0 Å². The normalized spacial score (nSPS) is 8.00. The molecule has 0 saturated carbocycles. The van der Waals surface area contributed by atoms with E-state index in [-0.39, 0.29) is 13.2 Å². The van der Waals surface area contributed by atoms with Crippen molar-refractivity contribution in [2.75, 3.05) is 26.4 Å². The van der Waals surface area contributed by atoms with E-state index in [0.717, 1.165) is 12.8 Å². The highest BCUT2D eigenvalue weighted by Crippen LogP contribution is 1.80. The zero-order valence-electron chi connectivity index (χ0n) is 8.74. The second-order valence-corrected chi connectivity index (χ2v) is 2.26. The maximum absolute atomic E-state index is 9.12. The van der Waals surface area contributed by atoms with Crippen LogP contribution >= 0.6 is 0 Å². The van der Waals surface area contributed by atoms with E-state index in [1.54, 1.807) is 0 Å². The van der Waals surface area contributed by atoms with Crippen LogP contribution in [0.4, 0.5) is 0 Å². The SMILES string of the molecule is O=C(O)CO.O=C(O)CO.OCCCCO. The van der Waals surface area contributed by atoms with E-state index in [0.29, 0.717) is 0 Å². The first-order valence-electron chi connectivity index (χ1n) is 4.33. The van der Waals surface area contributed by atoms with Crippen LogP contribution in [-0.4, -0.2) is 69.0 Å². The van der Waals surface area contributed by atoms with Gasteiger partial charge in [-0.3, -0.25) is 0 Å². The minimum Gasteiger partial charge on any atom is -0.480 e. The van der Waals surface area contributed by atoms with E-state index >= 15 is 0 Å². The summed E-state index contributed by atoms with van der Waals surface area (Å²) in [6, 6.07) is 0. The van der Waals surface area contributed by atoms with Gasteiger partial charge in [-0.25, -0.2) is 9.59 Å². The maximum Gasteiger partial charge on any atom is 0.329 e. The Morgan fingerprint density at radius 2 is 0.875 bits per heavy atom. The molecule has 0 aliphatic rings. The van der Waals surface area contributed by atoms with Crippen molar-refractivity contribution in [1.29, 1.82) is 0 Å². The topological polar surface area (TPSA) is 156 Å². The highest BCUT2D eigenvalue weighted by molar-refractivity contribution is 5.67. The summed E-state index contributed by atoms with van der Waals surface area (Å²) in [6.07, 6.45) is 1.44. The molecule has 0 atom stereocenters. The van der Waals surface area contributed by atoms with Gasteiger partial charge >= 0.3 is 11.9 Å². The number of rotatable bonds is 5. The van der Waals surface area contributed by atoms with Crippen molar-refractivity contribution in [3.8, 4) is 0 Å². The van der Waals surface area contributed by atoms with Gasteiger partial charge < -0.3 is 30.6 Å². The zero-order valence-corrected chi connectivity index (χ0v) is 8.74. The van der Waals surface area contributed by atoms with Crippen LogP contribution in [0, 0.1) is 0 Å². The maximum atomic E-state index is 9.12. The molecule has 0 aliphatic carbocycles. The van der Waals surface area contributed by atoms with Gasteiger partial charge in [0.2, 0.25) is 0 Å². The van der Waals surface area contributed by atoms with Crippen LogP contribution in [0.5, 0.6) is 0 Å². The number of aliphatic hydroxyl groups is 4. The van der Waals surface area contributed by atoms with Crippen molar-refractivity contribution in [1.82, 2.24) is 0 Å². The lowest BCUT2D eigenvalue weighted by atomic mass is 10.3. The molecule has 8 heteroatoms. The van der Waals surface area contributed by atoms with Gasteiger partial charge in [0.25, 0.3) is 0 Å². The standard InChI is InChI=1S/C4H10O2.2C2H4O3/c5-3-1-2-4-6;2*3-1-2(4)5/h5-6H,1-4H2;2*3H,1H2,(H,4,5). The fourth-order valence-corrected chi connectivity index (χ4v) is 0.224. The molecule has 0 bridgehead atoms. The number of aliphatic carboxylic acids is 2. The third-order valence-electron chi connectivity index (χ3n) is 0.837. The number of aliphatic hydroxyl groups excluding tert-OH is 4. The smallest absolute Gasteiger partial charge is 0.329 e.